The van der Waals surface area contributed by atoms with E-state index in [1.54, 1.807) is 6.20 Å². The quantitative estimate of drug-likeness (QED) is 0.769. The summed E-state index contributed by atoms with van der Waals surface area (Å²) in [6, 6.07) is 14.0. The lowest BCUT2D eigenvalue weighted by Crippen LogP contribution is -2.40. The molecule has 0 saturated carbocycles. The van der Waals surface area contributed by atoms with Gasteiger partial charge in [0.2, 0.25) is 5.91 Å². The number of carbonyl (C=O) groups excluding carboxylic acids is 1. The van der Waals surface area contributed by atoms with Crippen LogP contribution in [0.3, 0.4) is 0 Å². The maximum absolute atomic E-state index is 12.6. The number of para-hydroxylation sites is 2. The number of likely N-dealkylation sites (tertiary alicyclic amines) is 1. The number of imidazole rings is 1. The number of nitrogens with zero attached hydrogens (tertiary/aromatic N) is 3. The number of aromatic nitrogens is 3. The van der Waals surface area contributed by atoms with Crippen LogP contribution < -0.4 is 0 Å². The third-order valence-corrected chi connectivity index (χ3v) is 5.11. The van der Waals surface area contributed by atoms with Gasteiger partial charge in [-0.25, -0.2) is 4.98 Å². The summed E-state index contributed by atoms with van der Waals surface area (Å²) in [6.45, 7) is 1.70. The number of amides is 1. The molecule has 5 heteroatoms. The highest BCUT2D eigenvalue weighted by atomic mass is 16.2. The van der Waals surface area contributed by atoms with E-state index >= 15 is 0 Å². The van der Waals surface area contributed by atoms with Crippen molar-refractivity contribution in [2.45, 2.75) is 32.1 Å². The first-order chi connectivity index (χ1) is 12.8. The van der Waals surface area contributed by atoms with Crippen LogP contribution in [0.2, 0.25) is 0 Å². The van der Waals surface area contributed by atoms with E-state index in [9.17, 15) is 4.79 Å². The minimum absolute atomic E-state index is 0.241. The smallest absolute Gasteiger partial charge is 0.222 e. The number of aryl methyl sites for hydroxylation is 1. The molecule has 1 aliphatic heterocycles. The van der Waals surface area contributed by atoms with Gasteiger partial charge in [0, 0.05) is 37.8 Å². The molecule has 1 atom stereocenters. The van der Waals surface area contributed by atoms with Crippen molar-refractivity contribution in [2.24, 2.45) is 5.92 Å². The zero-order chi connectivity index (χ0) is 17.8. The van der Waals surface area contributed by atoms with Gasteiger partial charge in [-0.15, -0.1) is 0 Å². The van der Waals surface area contributed by atoms with Gasteiger partial charge in [-0.2, -0.15) is 0 Å². The van der Waals surface area contributed by atoms with Gasteiger partial charge in [0.05, 0.1) is 11.0 Å². The average Bonchev–Trinajstić information content (AvgIpc) is 3.09. The van der Waals surface area contributed by atoms with Crippen LogP contribution in [0.25, 0.3) is 11.0 Å². The normalized spacial score (nSPS) is 17.5. The lowest BCUT2D eigenvalue weighted by atomic mass is 9.94. The SMILES string of the molecule is O=C(CCc1ccccn1)N1CCCC(Cc2nc3ccccc3[nH]2)C1. The molecule has 5 nitrogen and oxygen atoms in total. The van der Waals surface area contributed by atoms with E-state index in [-0.39, 0.29) is 5.91 Å². The Bertz CT molecular complexity index is 841. The molecule has 1 aliphatic rings. The molecule has 26 heavy (non-hydrogen) atoms. The van der Waals surface area contributed by atoms with E-state index in [1.807, 2.05) is 41.3 Å². The topological polar surface area (TPSA) is 61.9 Å². The molecule has 1 unspecified atom stereocenters. The number of H-pyrrole nitrogens is 1. The van der Waals surface area contributed by atoms with Gasteiger partial charge < -0.3 is 9.88 Å². The van der Waals surface area contributed by atoms with E-state index in [2.05, 4.69) is 21.0 Å². The highest BCUT2D eigenvalue weighted by Crippen LogP contribution is 2.22. The van der Waals surface area contributed by atoms with Crippen LogP contribution in [0.1, 0.15) is 30.8 Å². The molecule has 0 aliphatic carbocycles. The molecule has 134 valence electrons. The first-order valence-corrected chi connectivity index (χ1v) is 9.39. The predicted molar refractivity (Wildman–Crippen MR) is 102 cm³/mol. The van der Waals surface area contributed by atoms with E-state index < -0.39 is 0 Å². The number of fused-ring (bicyclic) bond motifs is 1. The lowest BCUT2D eigenvalue weighted by molar-refractivity contribution is -0.133. The van der Waals surface area contributed by atoms with Crippen molar-refractivity contribution in [3.8, 4) is 0 Å². The van der Waals surface area contributed by atoms with Crippen molar-refractivity contribution in [2.75, 3.05) is 13.1 Å². The highest BCUT2D eigenvalue weighted by molar-refractivity contribution is 5.76. The van der Waals surface area contributed by atoms with Crippen LogP contribution in [0.5, 0.6) is 0 Å². The first kappa shape index (κ1) is 16.8. The van der Waals surface area contributed by atoms with E-state index in [0.29, 0.717) is 18.8 Å². The number of aromatic amines is 1. The van der Waals surface area contributed by atoms with Crippen LogP contribution >= 0.6 is 0 Å². The molecule has 1 aromatic carbocycles. The van der Waals surface area contributed by atoms with Crippen molar-refractivity contribution >= 4 is 16.9 Å². The Kier molecular flexibility index (Phi) is 4.95. The summed E-state index contributed by atoms with van der Waals surface area (Å²) < 4.78 is 0. The molecule has 1 N–H and O–H groups in total. The zero-order valence-corrected chi connectivity index (χ0v) is 14.9. The Hall–Kier alpha value is -2.69. The summed E-state index contributed by atoms with van der Waals surface area (Å²) in [7, 11) is 0. The monoisotopic (exact) mass is 348 g/mol. The van der Waals surface area contributed by atoms with Crippen LogP contribution in [0, 0.1) is 5.92 Å². The van der Waals surface area contributed by atoms with Gasteiger partial charge in [-0.3, -0.25) is 9.78 Å². The Morgan fingerprint density at radius 3 is 2.92 bits per heavy atom. The minimum Gasteiger partial charge on any atom is -0.342 e. The van der Waals surface area contributed by atoms with Crippen molar-refractivity contribution in [1.29, 1.82) is 0 Å². The fourth-order valence-electron chi connectivity index (χ4n) is 3.77. The molecule has 3 aromatic rings. The third kappa shape index (κ3) is 3.93. The fraction of sp³-hybridized carbons (Fsp3) is 0.381. The second-order valence-electron chi connectivity index (χ2n) is 7.07. The number of carbonyl (C=O) groups is 1. The maximum atomic E-state index is 12.6. The standard InChI is InChI=1S/C21H24N4O/c26-21(11-10-17-7-3-4-12-22-17)25-13-5-6-16(15-25)14-20-23-18-8-1-2-9-19(18)24-20/h1-4,7-9,12,16H,5-6,10-11,13-15H2,(H,23,24). The van der Waals surface area contributed by atoms with Crippen LogP contribution in [0.4, 0.5) is 0 Å². The highest BCUT2D eigenvalue weighted by Gasteiger charge is 2.24. The molecule has 1 saturated heterocycles. The van der Waals surface area contributed by atoms with Crippen LogP contribution in [-0.2, 0) is 17.6 Å². The van der Waals surface area contributed by atoms with Gasteiger partial charge >= 0.3 is 0 Å². The summed E-state index contributed by atoms with van der Waals surface area (Å²) in [5.74, 6) is 1.74. The second kappa shape index (κ2) is 7.68. The summed E-state index contributed by atoms with van der Waals surface area (Å²) >= 11 is 0. The van der Waals surface area contributed by atoms with Gasteiger partial charge in [0.25, 0.3) is 0 Å². The Morgan fingerprint density at radius 1 is 1.19 bits per heavy atom. The largest absolute Gasteiger partial charge is 0.342 e. The number of hydrogen-bond acceptors (Lipinski definition) is 3. The predicted octanol–water partition coefficient (Wildman–Crippen LogP) is 3.37. The van der Waals surface area contributed by atoms with Gasteiger partial charge in [-0.05, 0) is 49.4 Å². The maximum Gasteiger partial charge on any atom is 0.222 e. The van der Waals surface area contributed by atoms with Gasteiger partial charge in [0.1, 0.15) is 5.82 Å². The van der Waals surface area contributed by atoms with Crippen LogP contribution in [-0.4, -0.2) is 38.8 Å². The Balaban J connectivity index is 1.33. The molecular weight excluding hydrogens is 324 g/mol. The molecule has 0 bridgehead atoms. The van der Waals surface area contributed by atoms with Crippen molar-refractivity contribution in [3.05, 3.63) is 60.2 Å². The summed E-state index contributed by atoms with van der Waals surface area (Å²) in [5, 5.41) is 0. The third-order valence-electron chi connectivity index (χ3n) is 5.11. The van der Waals surface area contributed by atoms with Gasteiger partial charge in [0.15, 0.2) is 0 Å². The average molecular weight is 348 g/mol. The molecule has 0 radical (unpaired) electrons. The van der Waals surface area contributed by atoms with E-state index in [4.69, 9.17) is 0 Å². The lowest BCUT2D eigenvalue weighted by Gasteiger charge is -2.32. The first-order valence-electron chi connectivity index (χ1n) is 9.39. The van der Waals surface area contributed by atoms with E-state index in [1.165, 1.54) is 0 Å². The number of benzene rings is 1. The molecule has 0 spiro atoms. The van der Waals surface area contributed by atoms with Crippen molar-refractivity contribution < 1.29 is 4.79 Å². The molecule has 4 rings (SSSR count). The fourth-order valence-corrected chi connectivity index (χ4v) is 3.77. The van der Waals surface area contributed by atoms with E-state index in [0.717, 1.165) is 54.9 Å². The molecule has 2 aromatic heterocycles. The summed E-state index contributed by atoms with van der Waals surface area (Å²) in [6.07, 6.45) is 6.16. The number of pyridine rings is 1. The molecule has 1 fully saturated rings. The van der Waals surface area contributed by atoms with Crippen molar-refractivity contribution in [3.63, 3.8) is 0 Å². The second-order valence-corrected chi connectivity index (χ2v) is 7.07. The molecular formula is C21H24N4O. The van der Waals surface area contributed by atoms with Crippen LogP contribution in [0.15, 0.2) is 48.7 Å². The number of hydrogen-bond donors (Lipinski definition) is 1. The Morgan fingerprint density at radius 2 is 2.08 bits per heavy atom. The summed E-state index contributed by atoms with van der Waals surface area (Å²) in [4.78, 5) is 27.0. The Labute approximate surface area is 153 Å². The zero-order valence-electron chi connectivity index (χ0n) is 14.9. The number of rotatable bonds is 5. The minimum atomic E-state index is 0.241. The number of nitrogens with one attached hydrogen (secondary N) is 1. The molecule has 1 amide bonds. The number of piperidine rings is 1. The summed E-state index contributed by atoms with van der Waals surface area (Å²) in [5.41, 5.74) is 3.08. The van der Waals surface area contributed by atoms with Gasteiger partial charge in [-0.1, -0.05) is 18.2 Å². The molecule has 3 heterocycles. The van der Waals surface area contributed by atoms with Crippen molar-refractivity contribution in [1.82, 2.24) is 19.9 Å².